The molecule has 2 N–H and O–H groups in total. The van der Waals surface area contributed by atoms with Crippen molar-refractivity contribution in [3.63, 3.8) is 0 Å². The molecule has 18 heavy (non-hydrogen) atoms. The van der Waals surface area contributed by atoms with E-state index in [0.717, 1.165) is 37.8 Å². The molecule has 0 amide bonds. The first-order valence-corrected chi connectivity index (χ1v) is 5.90. The Bertz CT molecular complexity index is 441. The van der Waals surface area contributed by atoms with Crippen LogP contribution in [0.1, 0.15) is 24.5 Å². The summed E-state index contributed by atoms with van der Waals surface area (Å²) in [5, 5.41) is 3.29. The zero-order chi connectivity index (χ0) is 11.0. The van der Waals surface area contributed by atoms with Crippen LogP contribution in [0, 0.1) is 0 Å². The Kier molecular flexibility index (Phi) is 5.44. The van der Waals surface area contributed by atoms with Gasteiger partial charge in [0, 0.05) is 38.2 Å². The van der Waals surface area contributed by atoms with Crippen molar-refractivity contribution in [3.05, 3.63) is 22.1 Å². The number of nitrogens with one attached hydrogen (secondary N) is 2. The first-order chi connectivity index (χ1) is 7.83. The van der Waals surface area contributed by atoms with Crippen LogP contribution in [-0.4, -0.2) is 36.1 Å². The Morgan fingerprint density at radius 1 is 1.22 bits per heavy atom. The molecule has 7 heteroatoms. The summed E-state index contributed by atoms with van der Waals surface area (Å²) in [4.78, 5) is 21.1. The molecule has 0 unspecified atom stereocenters. The van der Waals surface area contributed by atoms with E-state index in [-0.39, 0.29) is 30.4 Å². The Morgan fingerprint density at radius 2 is 1.89 bits per heavy atom. The van der Waals surface area contributed by atoms with Crippen LogP contribution in [0.4, 0.5) is 5.95 Å². The van der Waals surface area contributed by atoms with Crippen LogP contribution < -0.4 is 15.8 Å². The Hall–Kier alpha value is -0.780. The van der Waals surface area contributed by atoms with Crippen LogP contribution >= 0.6 is 24.8 Å². The molecule has 2 fully saturated rings. The van der Waals surface area contributed by atoms with E-state index in [2.05, 4.69) is 20.2 Å². The van der Waals surface area contributed by atoms with Gasteiger partial charge in [-0.2, -0.15) is 0 Å². The molecule has 0 atom stereocenters. The third-order valence-corrected chi connectivity index (χ3v) is 3.16. The second-order valence-electron chi connectivity index (χ2n) is 4.51. The van der Waals surface area contributed by atoms with E-state index in [1.165, 1.54) is 12.8 Å². The molecular formula is C11H18Cl2N4O. The summed E-state index contributed by atoms with van der Waals surface area (Å²) in [6, 6.07) is 1.64. The number of nitrogens with zero attached hydrogens (tertiary/aromatic N) is 2. The van der Waals surface area contributed by atoms with Gasteiger partial charge in [-0.25, -0.2) is 4.98 Å². The SMILES string of the molecule is Cl.Cl.O=c1cc(C2CC2)nc(N2CCNCC2)[nH]1. The van der Waals surface area contributed by atoms with Gasteiger partial charge in [-0.05, 0) is 12.8 Å². The monoisotopic (exact) mass is 292 g/mol. The minimum absolute atomic E-state index is 0. The highest BCUT2D eigenvalue weighted by molar-refractivity contribution is 5.85. The molecule has 1 aliphatic heterocycles. The topological polar surface area (TPSA) is 61.0 Å². The number of aromatic nitrogens is 2. The zero-order valence-corrected chi connectivity index (χ0v) is 11.6. The summed E-state index contributed by atoms with van der Waals surface area (Å²) in [6.45, 7) is 3.74. The van der Waals surface area contributed by atoms with Crippen LogP contribution in [-0.2, 0) is 0 Å². The van der Waals surface area contributed by atoms with Crippen LogP contribution in [0.15, 0.2) is 10.9 Å². The Labute approximate surface area is 118 Å². The number of hydrogen-bond acceptors (Lipinski definition) is 4. The van der Waals surface area contributed by atoms with Crippen molar-refractivity contribution >= 4 is 30.8 Å². The van der Waals surface area contributed by atoms with E-state index >= 15 is 0 Å². The van der Waals surface area contributed by atoms with Crippen LogP contribution in [0.5, 0.6) is 0 Å². The molecule has 1 aromatic rings. The molecule has 0 aromatic carbocycles. The molecular weight excluding hydrogens is 275 g/mol. The van der Waals surface area contributed by atoms with Gasteiger partial charge in [-0.1, -0.05) is 0 Å². The lowest BCUT2D eigenvalue weighted by molar-refractivity contribution is 0.578. The summed E-state index contributed by atoms with van der Waals surface area (Å²) >= 11 is 0. The smallest absolute Gasteiger partial charge is 0.252 e. The maximum atomic E-state index is 11.5. The summed E-state index contributed by atoms with van der Waals surface area (Å²) in [6.07, 6.45) is 2.36. The Morgan fingerprint density at radius 3 is 2.50 bits per heavy atom. The number of rotatable bonds is 2. The number of halogens is 2. The van der Waals surface area contributed by atoms with E-state index in [0.29, 0.717) is 5.92 Å². The molecule has 0 bridgehead atoms. The normalized spacial score (nSPS) is 18.8. The molecule has 2 aliphatic rings. The second kappa shape index (κ2) is 6.41. The fourth-order valence-electron chi connectivity index (χ4n) is 2.08. The van der Waals surface area contributed by atoms with Crippen molar-refractivity contribution in [3.8, 4) is 0 Å². The Balaban J connectivity index is 0.000000810. The van der Waals surface area contributed by atoms with Crippen LogP contribution in [0.2, 0.25) is 0 Å². The van der Waals surface area contributed by atoms with Crippen LogP contribution in [0.3, 0.4) is 0 Å². The van der Waals surface area contributed by atoms with Gasteiger partial charge in [-0.15, -0.1) is 24.8 Å². The summed E-state index contributed by atoms with van der Waals surface area (Å²) in [7, 11) is 0. The molecule has 5 nitrogen and oxygen atoms in total. The summed E-state index contributed by atoms with van der Waals surface area (Å²) in [5.41, 5.74) is 0.947. The van der Waals surface area contributed by atoms with E-state index in [4.69, 9.17) is 0 Å². The maximum absolute atomic E-state index is 11.5. The predicted octanol–water partition coefficient (Wildman–Crippen LogP) is 0.900. The van der Waals surface area contributed by atoms with Crippen molar-refractivity contribution in [1.29, 1.82) is 0 Å². The van der Waals surface area contributed by atoms with Crippen molar-refractivity contribution in [2.45, 2.75) is 18.8 Å². The number of aromatic amines is 1. The molecule has 1 aliphatic carbocycles. The average Bonchev–Trinajstić information content (AvgIpc) is 3.13. The highest BCUT2D eigenvalue weighted by atomic mass is 35.5. The van der Waals surface area contributed by atoms with Gasteiger partial charge in [-0.3, -0.25) is 9.78 Å². The largest absolute Gasteiger partial charge is 0.340 e. The number of piperazine rings is 1. The van der Waals surface area contributed by atoms with E-state index in [9.17, 15) is 4.79 Å². The van der Waals surface area contributed by atoms with Gasteiger partial charge in [0.25, 0.3) is 5.56 Å². The molecule has 0 spiro atoms. The quantitative estimate of drug-likeness (QED) is 0.850. The van der Waals surface area contributed by atoms with Gasteiger partial charge in [0.05, 0.1) is 5.69 Å². The highest BCUT2D eigenvalue weighted by Crippen LogP contribution is 2.38. The fraction of sp³-hybridized carbons (Fsp3) is 0.636. The molecule has 3 rings (SSSR count). The predicted molar refractivity (Wildman–Crippen MR) is 76.4 cm³/mol. The van der Waals surface area contributed by atoms with E-state index < -0.39 is 0 Å². The third-order valence-electron chi connectivity index (χ3n) is 3.16. The first-order valence-electron chi connectivity index (χ1n) is 5.90. The maximum Gasteiger partial charge on any atom is 0.252 e. The zero-order valence-electron chi connectivity index (χ0n) is 10.0. The standard InChI is InChI=1S/C11H16N4O.2ClH/c16-10-7-9(8-1-2-8)13-11(14-10)15-5-3-12-4-6-15;;/h7-8,12H,1-6H2,(H,13,14,16);2*1H. The van der Waals surface area contributed by atoms with E-state index in [1.54, 1.807) is 6.07 Å². The van der Waals surface area contributed by atoms with Gasteiger partial charge in [0.1, 0.15) is 0 Å². The molecule has 1 aromatic heterocycles. The minimum Gasteiger partial charge on any atom is -0.340 e. The van der Waals surface area contributed by atoms with Gasteiger partial charge in [0.2, 0.25) is 5.95 Å². The lowest BCUT2D eigenvalue weighted by atomic mass is 10.3. The second-order valence-corrected chi connectivity index (χ2v) is 4.51. The molecule has 1 saturated heterocycles. The lowest BCUT2D eigenvalue weighted by Crippen LogP contribution is -2.44. The van der Waals surface area contributed by atoms with Gasteiger partial charge < -0.3 is 10.2 Å². The average molecular weight is 293 g/mol. The first kappa shape index (κ1) is 15.3. The van der Waals surface area contributed by atoms with Crippen molar-refractivity contribution in [2.75, 3.05) is 31.1 Å². The fourth-order valence-corrected chi connectivity index (χ4v) is 2.08. The van der Waals surface area contributed by atoms with E-state index in [1.807, 2.05) is 0 Å². The minimum atomic E-state index is -0.0227. The summed E-state index contributed by atoms with van der Waals surface area (Å²) < 4.78 is 0. The van der Waals surface area contributed by atoms with Gasteiger partial charge >= 0.3 is 0 Å². The van der Waals surface area contributed by atoms with Crippen molar-refractivity contribution < 1.29 is 0 Å². The molecule has 0 radical (unpaired) electrons. The number of anilines is 1. The molecule has 2 heterocycles. The molecule has 102 valence electrons. The van der Waals surface area contributed by atoms with Crippen molar-refractivity contribution in [1.82, 2.24) is 15.3 Å². The van der Waals surface area contributed by atoms with Crippen LogP contribution in [0.25, 0.3) is 0 Å². The van der Waals surface area contributed by atoms with Gasteiger partial charge in [0.15, 0.2) is 0 Å². The third kappa shape index (κ3) is 3.37. The van der Waals surface area contributed by atoms with Crippen molar-refractivity contribution in [2.24, 2.45) is 0 Å². The molecule has 1 saturated carbocycles. The number of H-pyrrole nitrogens is 1. The number of hydrogen-bond donors (Lipinski definition) is 2. The highest BCUT2D eigenvalue weighted by Gasteiger charge is 2.26. The summed E-state index contributed by atoms with van der Waals surface area (Å²) in [5.74, 6) is 1.28. The lowest BCUT2D eigenvalue weighted by Gasteiger charge is -2.27.